The van der Waals surface area contributed by atoms with Crippen LogP contribution in [0.1, 0.15) is 78.1 Å². The Kier molecular flexibility index (Phi) is 26.0. The number of unbranched alkanes of at least 4 members (excludes halogenated alkanes) is 7. The second kappa shape index (κ2) is 21.6. The molecule has 0 atom stereocenters. The number of carboxylic acid groups (broad SMARTS) is 2. The maximum atomic E-state index is 9.94. The van der Waals surface area contributed by atoms with Crippen LogP contribution in [0.25, 0.3) is 0 Å². The molecule has 0 spiro atoms. The molecule has 0 radical (unpaired) electrons. The molecular formula is C16H28O4Zn. The molecule has 0 aliphatic carbocycles. The summed E-state index contributed by atoms with van der Waals surface area (Å²) >= 11 is 0. The molecule has 0 aliphatic rings. The predicted octanol–water partition coefficient (Wildman–Crippen LogP) is 1.97. The summed E-state index contributed by atoms with van der Waals surface area (Å²) in [7, 11) is 0. The summed E-state index contributed by atoms with van der Waals surface area (Å²) < 4.78 is 0. The van der Waals surface area contributed by atoms with Gasteiger partial charge in [-0.2, -0.15) is 0 Å². The zero-order chi connectivity index (χ0) is 15.6. The van der Waals surface area contributed by atoms with Crippen molar-refractivity contribution < 1.29 is 39.3 Å². The predicted molar refractivity (Wildman–Crippen MR) is 76.7 cm³/mol. The molecule has 21 heavy (non-hydrogen) atoms. The molecule has 0 N–H and O–H groups in total. The molecule has 0 aromatic heterocycles. The standard InChI is InChI=1S/C10H18O2.C6H12O2.Zn/c1-2-3-4-5-6-7-8-9-10(11)12;1-2-3-4-5-6(7)8;/h8-9H,2-7H2,1H3,(H,11,12);2-5H2,1H3,(H,7,8);/q;;+2/p-2. The minimum atomic E-state index is -1.09. The van der Waals surface area contributed by atoms with Gasteiger partial charge in [0.1, 0.15) is 0 Å². The third-order valence-corrected chi connectivity index (χ3v) is 2.71. The van der Waals surface area contributed by atoms with Crippen molar-refractivity contribution in [3.63, 3.8) is 0 Å². The molecule has 118 valence electrons. The van der Waals surface area contributed by atoms with Gasteiger partial charge in [-0.25, -0.2) is 0 Å². The smallest absolute Gasteiger partial charge is 0.550 e. The van der Waals surface area contributed by atoms with Crippen LogP contribution in [0.3, 0.4) is 0 Å². The van der Waals surface area contributed by atoms with E-state index >= 15 is 0 Å². The zero-order valence-corrected chi connectivity index (χ0v) is 16.5. The minimum absolute atomic E-state index is 0. The van der Waals surface area contributed by atoms with Gasteiger partial charge in [0.25, 0.3) is 0 Å². The van der Waals surface area contributed by atoms with Crippen molar-refractivity contribution in [1.82, 2.24) is 0 Å². The quantitative estimate of drug-likeness (QED) is 0.324. The summed E-state index contributed by atoms with van der Waals surface area (Å²) in [5.74, 6) is -2.03. The Morgan fingerprint density at radius 2 is 1.38 bits per heavy atom. The first kappa shape index (κ1) is 25.3. The van der Waals surface area contributed by atoms with Crippen LogP contribution in [0.5, 0.6) is 0 Å². The fourth-order valence-electron chi connectivity index (χ4n) is 1.56. The van der Waals surface area contributed by atoms with Gasteiger partial charge in [0.05, 0.1) is 5.97 Å². The first-order chi connectivity index (χ1) is 9.54. The minimum Gasteiger partial charge on any atom is -0.550 e. The van der Waals surface area contributed by atoms with Crippen molar-refractivity contribution in [2.45, 2.75) is 78.1 Å². The molecule has 0 fully saturated rings. The van der Waals surface area contributed by atoms with E-state index in [0.29, 0.717) is 0 Å². The zero-order valence-electron chi connectivity index (χ0n) is 13.6. The fourth-order valence-corrected chi connectivity index (χ4v) is 1.56. The van der Waals surface area contributed by atoms with Crippen molar-refractivity contribution in [3.8, 4) is 0 Å². The van der Waals surface area contributed by atoms with E-state index in [-0.39, 0.29) is 25.9 Å². The van der Waals surface area contributed by atoms with Crippen LogP contribution in [0.15, 0.2) is 12.2 Å². The number of hydrogen-bond acceptors (Lipinski definition) is 4. The average Bonchev–Trinajstić information content (AvgIpc) is 2.38. The Labute approximate surface area is 141 Å². The molecule has 0 bridgehead atoms. The molecule has 0 heterocycles. The largest absolute Gasteiger partial charge is 2.00 e. The van der Waals surface area contributed by atoms with E-state index in [1.165, 1.54) is 25.7 Å². The summed E-state index contributed by atoms with van der Waals surface area (Å²) in [6.45, 7) is 4.21. The molecular weight excluding hydrogens is 322 g/mol. The molecule has 0 amide bonds. The Morgan fingerprint density at radius 3 is 1.86 bits per heavy atom. The first-order valence-electron chi connectivity index (χ1n) is 7.61. The molecule has 5 heteroatoms. The van der Waals surface area contributed by atoms with Gasteiger partial charge in [-0.3, -0.25) is 0 Å². The number of hydrogen-bond donors (Lipinski definition) is 0. The van der Waals surface area contributed by atoms with Crippen LogP contribution in [-0.4, -0.2) is 11.9 Å². The van der Waals surface area contributed by atoms with Gasteiger partial charge in [0.15, 0.2) is 0 Å². The fraction of sp³-hybridized carbons (Fsp3) is 0.750. The normalized spacial score (nSPS) is 9.62. The van der Waals surface area contributed by atoms with E-state index in [1.54, 1.807) is 6.08 Å². The maximum absolute atomic E-state index is 9.94. The second-order valence-electron chi connectivity index (χ2n) is 4.75. The van der Waals surface area contributed by atoms with Gasteiger partial charge in [0.2, 0.25) is 0 Å². The SMILES string of the molecule is CCCCCC(=O)[O-].CCCCCCCC=CC(=O)[O-].[Zn+2]. The van der Waals surface area contributed by atoms with E-state index in [4.69, 9.17) is 0 Å². The second-order valence-corrected chi connectivity index (χ2v) is 4.75. The van der Waals surface area contributed by atoms with E-state index in [0.717, 1.165) is 38.2 Å². The summed E-state index contributed by atoms with van der Waals surface area (Å²) in [5, 5.41) is 19.7. The number of carbonyl (C=O) groups is 2. The summed E-state index contributed by atoms with van der Waals surface area (Å²) in [5.41, 5.74) is 0. The monoisotopic (exact) mass is 348 g/mol. The van der Waals surface area contributed by atoms with Crippen LogP contribution >= 0.6 is 0 Å². The third kappa shape index (κ3) is 32.7. The van der Waals surface area contributed by atoms with Crippen molar-refractivity contribution in [1.29, 1.82) is 0 Å². The Balaban J connectivity index is -0.000000317. The molecule has 0 aromatic rings. The van der Waals surface area contributed by atoms with Crippen LogP contribution in [0.2, 0.25) is 0 Å². The van der Waals surface area contributed by atoms with Gasteiger partial charge < -0.3 is 19.8 Å². The summed E-state index contributed by atoms with van der Waals surface area (Å²) in [6.07, 6.45) is 12.7. The molecule has 0 aliphatic heterocycles. The number of carbonyl (C=O) groups excluding carboxylic acids is 2. The third-order valence-electron chi connectivity index (χ3n) is 2.71. The van der Waals surface area contributed by atoms with Crippen LogP contribution in [0, 0.1) is 0 Å². The summed E-state index contributed by atoms with van der Waals surface area (Å²) in [4.78, 5) is 19.7. The van der Waals surface area contributed by atoms with E-state index in [9.17, 15) is 19.8 Å². The Morgan fingerprint density at radius 1 is 0.857 bits per heavy atom. The molecule has 0 saturated carbocycles. The summed E-state index contributed by atoms with van der Waals surface area (Å²) in [6, 6.07) is 0. The molecule has 0 rings (SSSR count). The van der Waals surface area contributed by atoms with Gasteiger partial charge >= 0.3 is 19.5 Å². The van der Waals surface area contributed by atoms with Crippen molar-refractivity contribution in [2.24, 2.45) is 0 Å². The van der Waals surface area contributed by atoms with Crippen molar-refractivity contribution >= 4 is 11.9 Å². The number of rotatable bonds is 11. The topological polar surface area (TPSA) is 80.3 Å². The number of carboxylic acids is 2. The van der Waals surface area contributed by atoms with Crippen LogP contribution in [0.4, 0.5) is 0 Å². The van der Waals surface area contributed by atoms with Gasteiger partial charge in [0, 0.05) is 5.97 Å². The molecule has 0 unspecified atom stereocenters. The van der Waals surface area contributed by atoms with Crippen molar-refractivity contribution in [2.75, 3.05) is 0 Å². The molecule has 0 aromatic carbocycles. The van der Waals surface area contributed by atoms with Gasteiger partial charge in [-0.1, -0.05) is 58.4 Å². The van der Waals surface area contributed by atoms with E-state index in [1.807, 2.05) is 6.92 Å². The van der Waals surface area contributed by atoms with Crippen LogP contribution in [-0.2, 0) is 29.1 Å². The number of aliphatic carboxylic acids is 2. The first-order valence-corrected chi connectivity index (χ1v) is 7.61. The van der Waals surface area contributed by atoms with E-state index < -0.39 is 11.9 Å². The maximum Gasteiger partial charge on any atom is 2.00 e. The molecule has 4 nitrogen and oxygen atoms in total. The van der Waals surface area contributed by atoms with Gasteiger partial charge in [-0.05, 0) is 31.8 Å². The Hall–Kier alpha value is -0.697. The van der Waals surface area contributed by atoms with Crippen LogP contribution < -0.4 is 10.2 Å². The van der Waals surface area contributed by atoms with E-state index in [2.05, 4.69) is 6.92 Å². The average molecular weight is 350 g/mol. The van der Waals surface area contributed by atoms with Crippen molar-refractivity contribution in [3.05, 3.63) is 12.2 Å². The van der Waals surface area contributed by atoms with Gasteiger partial charge in [-0.15, -0.1) is 0 Å². The Bertz CT molecular complexity index is 265. The number of allylic oxidation sites excluding steroid dienone is 1. The molecule has 0 saturated heterocycles.